The number of aliphatic hydroxyl groups excluding tert-OH is 1. The van der Waals surface area contributed by atoms with E-state index in [2.05, 4.69) is 5.32 Å². The van der Waals surface area contributed by atoms with Crippen LogP contribution in [0.25, 0.3) is 0 Å². The molecule has 0 heterocycles. The zero-order valence-electron chi connectivity index (χ0n) is 11.6. The van der Waals surface area contributed by atoms with Gasteiger partial charge in [-0.2, -0.15) is 0 Å². The molecule has 2 N–H and O–H groups in total. The van der Waals surface area contributed by atoms with Gasteiger partial charge in [-0.25, -0.2) is 0 Å². The van der Waals surface area contributed by atoms with Crippen LogP contribution in [-0.2, 0) is 24.4 Å². The van der Waals surface area contributed by atoms with Crippen molar-refractivity contribution in [2.24, 2.45) is 0 Å². The molecule has 104 valence electrons. The van der Waals surface area contributed by atoms with Gasteiger partial charge in [0, 0.05) is 6.54 Å². The summed E-state index contributed by atoms with van der Waals surface area (Å²) in [6.45, 7) is 2.57. The van der Waals surface area contributed by atoms with Crippen LogP contribution >= 0.6 is 0 Å². The average molecular weight is 269 g/mol. The fourth-order valence-corrected chi connectivity index (χ4v) is 2.03. The second kappa shape index (κ2) is 6.87. The Hall–Kier alpha value is -2.13. The van der Waals surface area contributed by atoms with E-state index in [1.165, 1.54) is 0 Å². The van der Waals surface area contributed by atoms with Crippen LogP contribution in [-0.4, -0.2) is 11.0 Å². The maximum atomic E-state index is 11.9. The highest BCUT2D eigenvalue weighted by molar-refractivity contribution is 5.78. The minimum atomic E-state index is 0.0156. The normalized spacial score (nSPS) is 10.3. The second-order valence-corrected chi connectivity index (χ2v) is 4.92. The predicted octanol–water partition coefficient (Wildman–Crippen LogP) is 2.35. The van der Waals surface area contributed by atoms with Crippen molar-refractivity contribution >= 4 is 5.91 Å². The van der Waals surface area contributed by atoms with Crippen LogP contribution in [0.15, 0.2) is 48.5 Å². The molecule has 0 bridgehead atoms. The van der Waals surface area contributed by atoms with Crippen molar-refractivity contribution in [2.45, 2.75) is 26.5 Å². The molecule has 0 unspecified atom stereocenters. The van der Waals surface area contributed by atoms with Crippen LogP contribution in [0.2, 0.25) is 0 Å². The predicted molar refractivity (Wildman–Crippen MR) is 79.1 cm³/mol. The van der Waals surface area contributed by atoms with Crippen molar-refractivity contribution in [2.75, 3.05) is 0 Å². The number of hydrogen-bond donors (Lipinski definition) is 2. The number of nitrogens with one attached hydrogen (secondary N) is 1. The zero-order chi connectivity index (χ0) is 14.4. The maximum absolute atomic E-state index is 11.9. The topological polar surface area (TPSA) is 49.3 Å². The molecule has 0 atom stereocenters. The summed E-state index contributed by atoms with van der Waals surface area (Å²) in [6.07, 6.45) is 0.399. The van der Waals surface area contributed by atoms with Crippen LogP contribution < -0.4 is 5.32 Å². The molecule has 0 aromatic heterocycles. The molecule has 0 aliphatic carbocycles. The molecule has 0 aliphatic heterocycles. The van der Waals surface area contributed by atoms with Gasteiger partial charge in [-0.05, 0) is 23.6 Å². The quantitative estimate of drug-likeness (QED) is 0.875. The minimum absolute atomic E-state index is 0.0156. The van der Waals surface area contributed by atoms with Gasteiger partial charge in [-0.3, -0.25) is 4.79 Å². The number of aryl methyl sites for hydroxylation is 1. The summed E-state index contributed by atoms with van der Waals surface area (Å²) in [6, 6.07) is 15.5. The Morgan fingerprint density at radius 1 is 1.05 bits per heavy atom. The van der Waals surface area contributed by atoms with E-state index < -0.39 is 0 Å². The molecule has 0 saturated heterocycles. The van der Waals surface area contributed by atoms with Gasteiger partial charge in [-0.1, -0.05) is 54.1 Å². The molecular formula is C17H19NO2. The highest BCUT2D eigenvalue weighted by atomic mass is 16.3. The van der Waals surface area contributed by atoms with E-state index >= 15 is 0 Å². The van der Waals surface area contributed by atoms with Crippen LogP contribution in [0.1, 0.15) is 22.3 Å². The lowest BCUT2D eigenvalue weighted by Crippen LogP contribution is -2.24. The van der Waals surface area contributed by atoms with E-state index in [9.17, 15) is 4.79 Å². The first-order valence-corrected chi connectivity index (χ1v) is 6.68. The summed E-state index contributed by atoms with van der Waals surface area (Å²) in [7, 11) is 0. The molecule has 1 amide bonds. The Kier molecular flexibility index (Phi) is 4.91. The average Bonchev–Trinajstić information content (AvgIpc) is 2.46. The van der Waals surface area contributed by atoms with Gasteiger partial charge in [0.05, 0.1) is 13.0 Å². The van der Waals surface area contributed by atoms with Crippen molar-refractivity contribution in [3.63, 3.8) is 0 Å². The van der Waals surface area contributed by atoms with Crippen molar-refractivity contribution in [1.29, 1.82) is 0 Å². The van der Waals surface area contributed by atoms with Gasteiger partial charge < -0.3 is 10.4 Å². The van der Waals surface area contributed by atoms with Gasteiger partial charge in [0.1, 0.15) is 0 Å². The molecule has 0 fully saturated rings. The van der Waals surface area contributed by atoms with Gasteiger partial charge in [0.25, 0.3) is 0 Å². The van der Waals surface area contributed by atoms with Gasteiger partial charge in [-0.15, -0.1) is 0 Å². The number of carbonyl (C=O) groups is 1. The lowest BCUT2D eigenvalue weighted by Gasteiger charge is -2.06. The second-order valence-electron chi connectivity index (χ2n) is 4.92. The SMILES string of the molecule is Cc1cccc(CC(=O)NCc2ccc(CO)cc2)c1. The first-order chi connectivity index (χ1) is 9.67. The summed E-state index contributed by atoms with van der Waals surface area (Å²) in [5.41, 5.74) is 4.09. The van der Waals surface area contributed by atoms with E-state index in [0.29, 0.717) is 13.0 Å². The third-order valence-electron chi connectivity index (χ3n) is 3.14. The fourth-order valence-electron chi connectivity index (χ4n) is 2.03. The molecule has 2 rings (SSSR count). The molecule has 3 heteroatoms. The highest BCUT2D eigenvalue weighted by Gasteiger charge is 2.03. The van der Waals surface area contributed by atoms with E-state index in [1.807, 2.05) is 55.5 Å². The van der Waals surface area contributed by atoms with E-state index in [4.69, 9.17) is 5.11 Å². The zero-order valence-corrected chi connectivity index (χ0v) is 11.6. The van der Waals surface area contributed by atoms with Crippen LogP contribution in [0.3, 0.4) is 0 Å². The molecule has 2 aromatic rings. The van der Waals surface area contributed by atoms with Crippen molar-refractivity contribution in [3.8, 4) is 0 Å². The first kappa shape index (κ1) is 14.3. The molecule has 0 saturated carbocycles. The van der Waals surface area contributed by atoms with Gasteiger partial charge in [0.2, 0.25) is 5.91 Å². The fraction of sp³-hybridized carbons (Fsp3) is 0.235. The lowest BCUT2D eigenvalue weighted by atomic mass is 10.1. The Morgan fingerprint density at radius 2 is 1.75 bits per heavy atom. The number of carbonyl (C=O) groups excluding carboxylic acids is 1. The summed E-state index contributed by atoms with van der Waals surface area (Å²) in [5.74, 6) is 0.0156. The van der Waals surface area contributed by atoms with Gasteiger partial charge in [0.15, 0.2) is 0 Å². The lowest BCUT2D eigenvalue weighted by molar-refractivity contribution is -0.120. The molecular weight excluding hydrogens is 250 g/mol. The van der Waals surface area contributed by atoms with E-state index in [-0.39, 0.29) is 12.5 Å². The van der Waals surface area contributed by atoms with E-state index in [0.717, 1.165) is 22.3 Å². The number of amides is 1. The first-order valence-electron chi connectivity index (χ1n) is 6.68. The van der Waals surface area contributed by atoms with Crippen LogP contribution in [0, 0.1) is 6.92 Å². The third-order valence-corrected chi connectivity index (χ3v) is 3.14. The summed E-state index contributed by atoms with van der Waals surface area (Å²) in [4.78, 5) is 11.9. The Bertz CT molecular complexity index is 576. The molecule has 0 radical (unpaired) electrons. The van der Waals surface area contributed by atoms with Crippen molar-refractivity contribution in [1.82, 2.24) is 5.32 Å². The Balaban J connectivity index is 1.85. The molecule has 0 aliphatic rings. The molecule has 2 aromatic carbocycles. The number of rotatable bonds is 5. The summed E-state index contributed by atoms with van der Waals surface area (Å²) in [5, 5.41) is 11.9. The van der Waals surface area contributed by atoms with Crippen LogP contribution in [0.5, 0.6) is 0 Å². The van der Waals surface area contributed by atoms with Crippen LogP contribution in [0.4, 0.5) is 0 Å². The standard InChI is InChI=1S/C17H19NO2/c1-13-3-2-4-16(9-13)10-17(20)18-11-14-5-7-15(12-19)8-6-14/h2-9,19H,10-12H2,1H3,(H,18,20). The largest absolute Gasteiger partial charge is 0.392 e. The van der Waals surface area contributed by atoms with Gasteiger partial charge >= 0.3 is 0 Å². The smallest absolute Gasteiger partial charge is 0.224 e. The number of hydrogen-bond acceptors (Lipinski definition) is 2. The number of aliphatic hydroxyl groups is 1. The van der Waals surface area contributed by atoms with Crippen molar-refractivity contribution in [3.05, 3.63) is 70.8 Å². The maximum Gasteiger partial charge on any atom is 0.224 e. The molecule has 0 spiro atoms. The third kappa shape index (κ3) is 4.21. The summed E-state index contributed by atoms with van der Waals surface area (Å²) >= 11 is 0. The Labute approximate surface area is 119 Å². The number of benzene rings is 2. The van der Waals surface area contributed by atoms with Crippen molar-refractivity contribution < 1.29 is 9.90 Å². The monoisotopic (exact) mass is 269 g/mol. The minimum Gasteiger partial charge on any atom is -0.392 e. The van der Waals surface area contributed by atoms with E-state index in [1.54, 1.807) is 0 Å². The Morgan fingerprint density at radius 3 is 2.40 bits per heavy atom. The highest BCUT2D eigenvalue weighted by Crippen LogP contribution is 2.06. The molecule has 20 heavy (non-hydrogen) atoms. The molecule has 3 nitrogen and oxygen atoms in total. The summed E-state index contributed by atoms with van der Waals surface area (Å²) < 4.78 is 0.